The number of carboxylic acids is 1. The van der Waals surface area contributed by atoms with Gasteiger partial charge in [-0.1, -0.05) is 55.5 Å². The molecule has 2 atom stereocenters. The van der Waals surface area contributed by atoms with Gasteiger partial charge in [0.2, 0.25) is 5.91 Å². The third-order valence-corrected chi connectivity index (χ3v) is 5.43. The summed E-state index contributed by atoms with van der Waals surface area (Å²) in [5.74, 6) is -2.09. The first-order valence-electron chi connectivity index (χ1n) is 10.0. The molecule has 0 bridgehead atoms. The third kappa shape index (κ3) is 4.62. The number of carbonyl (C=O) groups excluding carboxylic acids is 2. The van der Waals surface area contributed by atoms with E-state index in [0.717, 1.165) is 22.3 Å². The van der Waals surface area contributed by atoms with Crippen molar-refractivity contribution in [2.45, 2.75) is 32.2 Å². The second-order valence-electron chi connectivity index (χ2n) is 7.38. The van der Waals surface area contributed by atoms with Gasteiger partial charge in [-0.25, -0.2) is 4.79 Å². The van der Waals surface area contributed by atoms with Crippen LogP contribution in [0.2, 0.25) is 0 Å². The Morgan fingerprint density at radius 2 is 1.60 bits per heavy atom. The lowest BCUT2D eigenvalue weighted by Gasteiger charge is -2.18. The number of amides is 2. The molecular weight excluding hydrogens is 384 g/mol. The van der Waals surface area contributed by atoms with E-state index in [9.17, 15) is 14.4 Å². The number of rotatable bonds is 8. The summed E-state index contributed by atoms with van der Waals surface area (Å²) in [6.07, 6.45) is -0.142. The largest absolute Gasteiger partial charge is 0.480 e. The quantitative estimate of drug-likeness (QED) is 0.620. The molecule has 2 amide bonds. The molecule has 0 saturated carbocycles. The average molecular weight is 410 g/mol. The van der Waals surface area contributed by atoms with Crippen molar-refractivity contribution >= 4 is 18.0 Å². The number of aliphatic carboxylic acids is 1. The molecule has 2 aromatic rings. The summed E-state index contributed by atoms with van der Waals surface area (Å²) in [5, 5.41) is 14.0. The molecule has 0 fully saturated rings. The molecule has 0 radical (unpaired) electrons. The van der Waals surface area contributed by atoms with Crippen molar-refractivity contribution in [2.24, 2.45) is 5.92 Å². The van der Waals surface area contributed by atoms with E-state index in [2.05, 4.69) is 22.8 Å². The van der Waals surface area contributed by atoms with Crippen molar-refractivity contribution in [1.29, 1.82) is 0 Å². The average Bonchev–Trinajstić information content (AvgIpc) is 3.06. The molecule has 7 nitrogen and oxygen atoms in total. The topological polar surface area (TPSA) is 105 Å². The number of nitrogens with one attached hydrogen (secondary N) is 2. The minimum atomic E-state index is -1.11. The Morgan fingerprint density at radius 1 is 1.03 bits per heavy atom. The van der Waals surface area contributed by atoms with E-state index in [1.807, 2.05) is 36.4 Å². The zero-order valence-electron chi connectivity index (χ0n) is 17.1. The van der Waals surface area contributed by atoms with Crippen LogP contribution >= 0.6 is 0 Å². The van der Waals surface area contributed by atoms with Crippen molar-refractivity contribution in [3.05, 3.63) is 59.7 Å². The number of hydrogen-bond donors (Lipinski definition) is 3. The molecule has 158 valence electrons. The lowest BCUT2D eigenvalue weighted by atomic mass is 9.98. The molecule has 0 aliphatic heterocycles. The van der Waals surface area contributed by atoms with Gasteiger partial charge in [0.1, 0.15) is 12.6 Å². The van der Waals surface area contributed by atoms with Crippen LogP contribution in [0.15, 0.2) is 48.5 Å². The van der Waals surface area contributed by atoms with E-state index >= 15 is 0 Å². The maximum Gasteiger partial charge on any atom is 0.407 e. The van der Waals surface area contributed by atoms with Gasteiger partial charge in [0.05, 0.1) is 5.92 Å². The van der Waals surface area contributed by atoms with Gasteiger partial charge >= 0.3 is 12.1 Å². The van der Waals surface area contributed by atoms with Crippen LogP contribution in [-0.4, -0.2) is 42.3 Å². The monoisotopic (exact) mass is 410 g/mol. The fourth-order valence-corrected chi connectivity index (χ4v) is 3.67. The van der Waals surface area contributed by atoms with E-state index in [4.69, 9.17) is 9.84 Å². The number of ether oxygens (including phenoxy) is 1. The Hall–Kier alpha value is -3.35. The van der Waals surface area contributed by atoms with Crippen LogP contribution in [-0.2, 0) is 14.3 Å². The van der Waals surface area contributed by atoms with Crippen molar-refractivity contribution in [3.8, 4) is 11.1 Å². The maximum atomic E-state index is 12.2. The van der Waals surface area contributed by atoms with Gasteiger partial charge in [0, 0.05) is 12.5 Å². The lowest BCUT2D eigenvalue weighted by molar-refractivity contribution is -0.141. The van der Waals surface area contributed by atoms with Gasteiger partial charge < -0.3 is 20.5 Å². The van der Waals surface area contributed by atoms with Crippen LogP contribution < -0.4 is 10.6 Å². The molecule has 1 aliphatic rings. The zero-order chi connectivity index (χ0) is 21.7. The fraction of sp³-hybridized carbons (Fsp3) is 0.348. The molecule has 2 unspecified atom stereocenters. The Bertz CT molecular complexity index is 897. The van der Waals surface area contributed by atoms with Gasteiger partial charge in [-0.05, 0) is 35.6 Å². The van der Waals surface area contributed by atoms with Crippen LogP contribution in [0.5, 0.6) is 0 Å². The minimum absolute atomic E-state index is 0.0372. The number of fused-ring (bicyclic) bond motifs is 3. The third-order valence-electron chi connectivity index (χ3n) is 5.43. The van der Waals surface area contributed by atoms with Crippen LogP contribution in [0, 0.1) is 5.92 Å². The Kier molecular flexibility index (Phi) is 6.72. The highest BCUT2D eigenvalue weighted by Crippen LogP contribution is 2.44. The SMILES string of the molecule is CCC(CNC(=O)OCC1c2ccccc2-c2ccccc21)C(=O)NC(C)C(=O)O. The Morgan fingerprint density at radius 3 is 2.13 bits per heavy atom. The van der Waals surface area contributed by atoms with Crippen molar-refractivity contribution in [1.82, 2.24) is 10.6 Å². The van der Waals surface area contributed by atoms with Crippen LogP contribution in [0.4, 0.5) is 4.79 Å². The summed E-state index contributed by atoms with van der Waals surface area (Å²) in [6, 6.07) is 15.2. The van der Waals surface area contributed by atoms with Crippen LogP contribution in [0.25, 0.3) is 11.1 Å². The predicted octanol–water partition coefficient (Wildman–Crippen LogP) is 3.14. The minimum Gasteiger partial charge on any atom is -0.480 e. The summed E-state index contributed by atoms with van der Waals surface area (Å²) < 4.78 is 5.46. The molecule has 30 heavy (non-hydrogen) atoms. The van der Waals surface area contributed by atoms with E-state index < -0.39 is 29.9 Å². The number of carboxylic acid groups (broad SMARTS) is 1. The molecular formula is C23H26N2O5. The van der Waals surface area contributed by atoms with E-state index in [1.165, 1.54) is 6.92 Å². The van der Waals surface area contributed by atoms with Crippen molar-refractivity contribution in [2.75, 3.05) is 13.2 Å². The van der Waals surface area contributed by atoms with E-state index in [-0.39, 0.29) is 19.1 Å². The highest BCUT2D eigenvalue weighted by atomic mass is 16.5. The van der Waals surface area contributed by atoms with Gasteiger partial charge in [0.25, 0.3) is 0 Å². The first kappa shape index (κ1) is 21.4. The number of hydrogen-bond acceptors (Lipinski definition) is 4. The molecule has 0 spiro atoms. The van der Waals surface area contributed by atoms with E-state index in [0.29, 0.717) is 6.42 Å². The van der Waals surface area contributed by atoms with Gasteiger partial charge in [0.15, 0.2) is 0 Å². The Labute approximate surface area is 175 Å². The smallest absolute Gasteiger partial charge is 0.407 e. The number of benzene rings is 2. The molecule has 0 saturated heterocycles. The second-order valence-corrected chi connectivity index (χ2v) is 7.38. The summed E-state index contributed by atoms with van der Waals surface area (Å²) >= 11 is 0. The van der Waals surface area contributed by atoms with Gasteiger partial charge in [-0.15, -0.1) is 0 Å². The normalized spacial score (nSPS) is 14.2. The molecule has 0 heterocycles. The molecule has 2 aromatic carbocycles. The van der Waals surface area contributed by atoms with Crippen LogP contribution in [0.3, 0.4) is 0 Å². The molecule has 0 aromatic heterocycles. The Balaban J connectivity index is 1.56. The summed E-state index contributed by atoms with van der Waals surface area (Å²) in [4.78, 5) is 35.3. The summed E-state index contributed by atoms with van der Waals surface area (Å²) in [5.41, 5.74) is 4.55. The fourth-order valence-electron chi connectivity index (χ4n) is 3.67. The highest BCUT2D eigenvalue weighted by molar-refractivity contribution is 5.85. The zero-order valence-corrected chi connectivity index (χ0v) is 17.1. The van der Waals surface area contributed by atoms with Crippen LogP contribution in [0.1, 0.15) is 37.3 Å². The first-order chi connectivity index (χ1) is 14.4. The predicted molar refractivity (Wildman–Crippen MR) is 112 cm³/mol. The summed E-state index contributed by atoms with van der Waals surface area (Å²) in [7, 11) is 0. The second kappa shape index (κ2) is 9.43. The van der Waals surface area contributed by atoms with Gasteiger partial charge in [-0.3, -0.25) is 9.59 Å². The summed E-state index contributed by atoms with van der Waals surface area (Å²) in [6.45, 7) is 3.46. The molecule has 1 aliphatic carbocycles. The van der Waals surface area contributed by atoms with Crippen molar-refractivity contribution in [3.63, 3.8) is 0 Å². The maximum absolute atomic E-state index is 12.2. The highest BCUT2D eigenvalue weighted by Gasteiger charge is 2.29. The van der Waals surface area contributed by atoms with Gasteiger partial charge in [-0.2, -0.15) is 0 Å². The molecule has 3 rings (SSSR count). The molecule has 7 heteroatoms. The molecule has 3 N–H and O–H groups in total. The number of alkyl carbamates (subject to hydrolysis) is 1. The number of carbonyl (C=O) groups is 3. The van der Waals surface area contributed by atoms with E-state index in [1.54, 1.807) is 6.92 Å². The van der Waals surface area contributed by atoms with Crippen molar-refractivity contribution < 1.29 is 24.2 Å². The standard InChI is InChI=1S/C23H26N2O5/c1-3-15(21(26)25-14(2)22(27)28)12-24-23(29)30-13-20-18-10-6-4-8-16(18)17-9-5-7-11-19(17)20/h4-11,14-15,20H,3,12-13H2,1-2H3,(H,24,29)(H,25,26)(H,27,28). The first-order valence-corrected chi connectivity index (χ1v) is 10.0. The lowest BCUT2D eigenvalue weighted by Crippen LogP contribution is -2.44.